The van der Waals surface area contributed by atoms with Crippen molar-refractivity contribution in [3.05, 3.63) is 35.4 Å². The van der Waals surface area contributed by atoms with Crippen LogP contribution in [0.1, 0.15) is 30.1 Å². The molecule has 0 radical (unpaired) electrons. The Balaban J connectivity index is 1.80. The van der Waals surface area contributed by atoms with Crippen molar-refractivity contribution >= 4 is 0 Å². The third-order valence-electron chi connectivity index (χ3n) is 4.02. The molecule has 3 nitrogen and oxygen atoms in total. The minimum absolute atomic E-state index is 0.179. The zero-order chi connectivity index (χ0) is 12.4. The maximum Gasteiger partial charge on any atom is 0.109 e. The lowest BCUT2D eigenvalue weighted by atomic mass is 9.86. The van der Waals surface area contributed by atoms with Crippen molar-refractivity contribution < 1.29 is 14.6 Å². The molecule has 98 valence electrons. The highest BCUT2D eigenvalue weighted by atomic mass is 16.5. The van der Waals surface area contributed by atoms with E-state index in [0.29, 0.717) is 13.2 Å². The minimum Gasteiger partial charge on any atom is -0.390 e. The Bertz CT molecular complexity index is 398. The number of benzene rings is 1. The molecule has 1 N–H and O–H groups in total. The molecule has 18 heavy (non-hydrogen) atoms. The highest BCUT2D eigenvalue weighted by Crippen LogP contribution is 2.34. The fourth-order valence-corrected chi connectivity index (χ4v) is 2.99. The highest BCUT2D eigenvalue weighted by molar-refractivity contribution is 5.31. The van der Waals surface area contributed by atoms with Crippen molar-refractivity contribution in [3.8, 4) is 0 Å². The number of aliphatic hydroxyl groups excluding tert-OH is 1. The van der Waals surface area contributed by atoms with Gasteiger partial charge in [-0.2, -0.15) is 0 Å². The Morgan fingerprint density at radius 2 is 2.11 bits per heavy atom. The van der Waals surface area contributed by atoms with Crippen LogP contribution in [0.4, 0.5) is 0 Å². The monoisotopic (exact) mass is 248 g/mol. The van der Waals surface area contributed by atoms with E-state index in [2.05, 4.69) is 18.2 Å². The lowest BCUT2D eigenvalue weighted by molar-refractivity contribution is -0.0980. The first-order chi connectivity index (χ1) is 8.86. The molecule has 2 heterocycles. The molecule has 3 rings (SSSR count). The van der Waals surface area contributed by atoms with Gasteiger partial charge < -0.3 is 14.6 Å². The van der Waals surface area contributed by atoms with E-state index in [4.69, 9.17) is 9.47 Å². The summed E-state index contributed by atoms with van der Waals surface area (Å²) in [5.41, 5.74) is 2.46. The van der Waals surface area contributed by atoms with Crippen molar-refractivity contribution in [2.75, 3.05) is 19.8 Å². The Labute approximate surface area is 108 Å². The summed E-state index contributed by atoms with van der Waals surface area (Å²) in [5.74, 6) is 0.204. The van der Waals surface area contributed by atoms with Gasteiger partial charge in [0, 0.05) is 12.5 Å². The predicted octanol–water partition coefficient (Wildman–Crippen LogP) is 2.09. The van der Waals surface area contributed by atoms with Crippen LogP contribution in [-0.2, 0) is 15.9 Å². The maximum absolute atomic E-state index is 10.5. The maximum atomic E-state index is 10.5. The quantitative estimate of drug-likeness (QED) is 0.871. The van der Waals surface area contributed by atoms with Crippen LogP contribution in [0.3, 0.4) is 0 Å². The van der Waals surface area contributed by atoms with Crippen LogP contribution in [0, 0.1) is 5.92 Å². The average Bonchev–Trinajstić information content (AvgIpc) is 2.47. The smallest absolute Gasteiger partial charge is 0.109 e. The summed E-state index contributed by atoms with van der Waals surface area (Å²) in [7, 11) is 0. The van der Waals surface area contributed by atoms with Crippen LogP contribution in [0.25, 0.3) is 0 Å². The third kappa shape index (κ3) is 2.30. The second kappa shape index (κ2) is 5.39. The van der Waals surface area contributed by atoms with E-state index >= 15 is 0 Å². The lowest BCUT2D eigenvalue weighted by Crippen LogP contribution is -2.36. The van der Waals surface area contributed by atoms with Gasteiger partial charge in [-0.05, 0) is 30.4 Å². The first kappa shape index (κ1) is 12.2. The minimum atomic E-state index is -0.452. The molecule has 2 aliphatic rings. The van der Waals surface area contributed by atoms with Gasteiger partial charge in [-0.1, -0.05) is 24.3 Å². The van der Waals surface area contributed by atoms with Crippen LogP contribution in [0.15, 0.2) is 24.3 Å². The highest BCUT2D eigenvalue weighted by Gasteiger charge is 2.33. The van der Waals surface area contributed by atoms with Gasteiger partial charge in [-0.25, -0.2) is 0 Å². The van der Waals surface area contributed by atoms with Crippen LogP contribution < -0.4 is 0 Å². The number of hydrogen-bond acceptors (Lipinski definition) is 3. The lowest BCUT2D eigenvalue weighted by Gasteiger charge is -2.35. The second-order valence-electron chi connectivity index (χ2n) is 5.21. The van der Waals surface area contributed by atoms with E-state index in [1.54, 1.807) is 0 Å². The van der Waals surface area contributed by atoms with Crippen LogP contribution in [-0.4, -0.2) is 31.0 Å². The number of fused-ring (bicyclic) bond motifs is 1. The predicted molar refractivity (Wildman–Crippen MR) is 68.4 cm³/mol. The summed E-state index contributed by atoms with van der Waals surface area (Å²) >= 11 is 0. The fraction of sp³-hybridized carbons (Fsp3) is 0.600. The fourth-order valence-electron chi connectivity index (χ4n) is 2.99. The molecule has 3 atom stereocenters. The van der Waals surface area contributed by atoms with Crippen molar-refractivity contribution in [1.82, 2.24) is 0 Å². The van der Waals surface area contributed by atoms with Gasteiger partial charge in [-0.3, -0.25) is 0 Å². The molecule has 3 heteroatoms. The number of ether oxygens (including phenoxy) is 2. The molecule has 0 spiro atoms. The molecular formula is C15H20O3. The van der Waals surface area contributed by atoms with E-state index in [-0.39, 0.29) is 12.0 Å². The SMILES string of the molecule is OC(C1CCCOC1)C1OCCc2ccccc21. The second-order valence-corrected chi connectivity index (χ2v) is 5.21. The summed E-state index contributed by atoms with van der Waals surface area (Å²) < 4.78 is 11.3. The molecule has 2 aliphatic heterocycles. The number of aliphatic hydroxyl groups is 1. The van der Waals surface area contributed by atoms with Crippen molar-refractivity contribution in [2.45, 2.75) is 31.5 Å². The largest absolute Gasteiger partial charge is 0.390 e. The summed E-state index contributed by atoms with van der Waals surface area (Å²) in [6, 6.07) is 8.28. The molecule has 0 aromatic heterocycles. The van der Waals surface area contributed by atoms with Crippen molar-refractivity contribution in [1.29, 1.82) is 0 Å². The molecular weight excluding hydrogens is 228 g/mol. The first-order valence-corrected chi connectivity index (χ1v) is 6.81. The van der Waals surface area contributed by atoms with Gasteiger partial charge in [0.15, 0.2) is 0 Å². The van der Waals surface area contributed by atoms with Crippen LogP contribution in [0.5, 0.6) is 0 Å². The van der Waals surface area contributed by atoms with E-state index in [0.717, 1.165) is 31.4 Å². The topological polar surface area (TPSA) is 38.7 Å². The van der Waals surface area contributed by atoms with Gasteiger partial charge in [-0.15, -0.1) is 0 Å². The van der Waals surface area contributed by atoms with Gasteiger partial charge in [0.25, 0.3) is 0 Å². The van der Waals surface area contributed by atoms with Crippen molar-refractivity contribution in [3.63, 3.8) is 0 Å². The standard InChI is InChI=1S/C15H20O3/c16-14(12-5-3-8-17-10-12)15-13-6-2-1-4-11(13)7-9-18-15/h1-2,4,6,12,14-16H,3,5,7-10H2. The van der Waals surface area contributed by atoms with E-state index in [1.165, 1.54) is 5.56 Å². The van der Waals surface area contributed by atoms with Gasteiger partial charge in [0.05, 0.1) is 19.3 Å². The van der Waals surface area contributed by atoms with Crippen molar-refractivity contribution in [2.24, 2.45) is 5.92 Å². The Hall–Kier alpha value is -0.900. The molecule has 0 amide bonds. The van der Waals surface area contributed by atoms with Gasteiger partial charge >= 0.3 is 0 Å². The summed E-state index contributed by atoms with van der Waals surface area (Å²) in [6.45, 7) is 2.18. The van der Waals surface area contributed by atoms with E-state index in [9.17, 15) is 5.11 Å². The molecule has 1 aromatic rings. The van der Waals surface area contributed by atoms with Gasteiger partial charge in [0.2, 0.25) is 0 Å². The molecule has 3 unspecified atom stereocenters. The normalized spacial score (nSPS) is 29.6. The summed E-state index contributed by atoms with van der Waals surface area (Å²) in [5, 5.41) is 10.5. The van der Waals surface area contributed by atoms with Gasteiger partial charge in [0.1, 0.15) is 6.10 Å². The molecule has 0 saturated carbocycles. The van der Waals surface area contributed by atoms with Crippen LogP contribution >= 0.6 is 0 Å². The zero-order valence-electron chi connectivity index (χ0n) is 10.5. The first-order valence-electron chi connectivity index (χ1n) is 6.81. The summed E-state index contributed by atoms with van der Waals surface area (Å²) in [4.78, 5) is 0. The number of hydrogen-bond donors (Lipinski definition) is 1. The third-order valence-corrected chi connectivity index (χ3v) is 4.02. The average molecular weight is 248 g/mol. The Morgan fingerprint density at radius 1 is 1.22 bits per heavy atom. The summed E-state index contributed by atoms with van der Waals surface area (Å²) in [6.07, 6.45) is 2.38. The Kier molecular flexibility index (Phi) is 3.64. The molecule has 0 bridgehead atoms. The molecule has 1 aromatic carbocycles. The molecule has 0 aliphatic carbocycles. The Morgan fingerprint density at radius 3 is 2.94 bits per heavy atom. The van der Waals surface area contributed by atoms with E-state index in [1.807, 2.05) is 6.07 Å². The van der Waals surface area contributed by atoms with E-state index < -0.39 is 6.10 Å². The molecule has 1 saturated heterocycles. The molecule has 1 fully saturated rings. The zero-order valence-corrected chi connectivity index (χ0v) is 10.5. The van der Waals surface area contributed by atoms with Crippen LogP contribution in [0.2, 0.25) is 0 Å². The number of rotatable bonds is 2.